The van der Waals surface area contributed by atoms with Crippen LogP contribution in [0.2, 0.25) is 0 Å². The van der Waals surface area contributed by atoms with E-state index in [0.29, 0.717) is 11.7 Å². The van der Waals surface area contributed by atoms with Crippen molar-refractivity contribution in [3.8, 4) is 6.19 Å². The van der Waals surface area contributed by atoms with Crippen molar-refractivity contribution in [2.75, 3.05) is 12.8 Å². The quantitative estimate of drug-likeness (QED) is 0.359. The van der Waals surface area contributed by atoms with Crippen LogP contribution in [-0.2, 0) is 6.54 Å². The Morgan fingerprint density at radius 3 is 3.13 bits per heavy atom. The highest BCUT2D eigenvalue weighted by molar-refractivity contribution is 8.13. The lowest BCUT2D eigenvalue weighted by molar-refractivity contribution is 0.625. The first-order chi connectivity index (χ1) is 7.26. The zero-order valence-electron chi connectivity index (χ0n) is 8.77. The van der Waals surface area contributed by atoms with Crippen molar-refractivity contribution in [2.24, 2.45) is 4.99 Å². The second-order valence-corrected chi connectivity index (χ2v) is 3.70. The van der Waals surface area contributed by atoms with E-state index in [2.05, 4.69) is 15.4 Å². The third kappa shape index (κ3) is 4.04. The van der Waals surface area contributed by atoms with E-state index in [9.17, 15) is 0 Å². The van der Waals surface area contributed by atoms with Gasteiger partial charge < -0.3 is 0 Å². The number of thioether (sulfide) groups is 1. The summed E-state index contributed by atoms with van der Waals surface area (Å²) in [6, 6.07) is 0. The summed E-state index contributed by atoms with van der Waals surface area (Å²) in [6.45, 7) is 3.34. The number of aliphatic imine (C=N–C) groups is 1. The highest BCUT2D eigenvalue weighted by Gasteiger charge is 1.95. The molecule has 0 aromatic carbocycles. The van der Waals surface area contributed by atoms with Gasteiger partial charge in [0.15, 0.2) is 11.4 Å². The molecule has 1 aromatic rings. The van der Waals surface area contributed by atoms with Crippen molar-refractivity contribution < 1.29 is 0 Å². The van der Waals surface area contributed by atoms with Crippen LogP contribution in [0.1, 0.15) is 5.56 Å². The Morgan fingerprint density at radius 1 is 1.80 bits per heavy atom. The van der Waals surface area contributed by atoms with Gasteiger partial charge in [0.25, 0.3) is 0 Å². The minimum atomic E-state index is 0.617. The second kappa shape index (κ2) is 6.09. The number of nitrogens with zero attached hydrogens (tertiary/aromatic N) is 4. The molecule has 0 fully saturated rings. The van der Waals surface area contributed by atoms with Crippen LogP contribution in [0.3, 0.4) is 0 Å². The molecule has 0 spiro atoms. The molecule has 0 bridgehead atoms. The number of nitriles is 1. The SMILES string of the molecule is CSC(=NCCn1cc(C)cn1)NC#N. The average molecular weight is 223 g/mol. The van der Waals surface area contributed by atoms with Gasteiger partial charge in [-0.3, -0.25) is 15.0 Å². The zero-order chi connectivity index (χ0) is 11.1. The number of nitrogens with one attached hydrogen (secondary N) is 1. The molecule has 0 saturated carbocycles. The molecule has 1 heterocycles. The maximum atomic E-state index is 8.41. The van der Waals surface area contributed by atoms with Gasteiger partial charge >= 0.3 is 0 Å². The lowest BCUT2D eigenvalue weighted by Crippen LogP contribution is -2.14. The summed E-state index contributed by atoms with van der Waals surface area (Å²) in [5.74, 6) is 0. The van der Waals surface area contributed by atoms with Gasteiger partial charge in [0.1, 0.15) is 0 Å². The zero-order valence-corrected chi connectivity index (χ0v) is 9.58. The third-order valence-corrected chi connectivity index (χ3v) is 2.32. The minimum absolute atomic E-state index is 0.617. The van der Waals surface area contributed by atoms with Crippen molar-refractivity contribution >= 4 is 16.9 Å². The number of amidine groups is 1. The first kappa shape index (κ1) is 11.6. The number of aryl methyl sites for hydroxylation is 1. The first-order valence-electron chi connectivity index (χ1n) is 4.49. The molecule has 0 saturated heterocycles. The number of aromatic nitrogens is 2. The van der Waals surface area contributed by atoms with Gasteiger partial charge in [-0.1, -0.05) is 11.8 Å². The first-order valence-corrected chi connectivity index (χ1v) is 5.71. The number of hydrogen-bond donors (Lipinski definition) is 1. The predicted octanol–water partition coefficient (Wildman–Crippen LogP) is 0.981. The normalized spacial score (nSPS) is 11.1. The lowest BCUT2D eigenvalue weighted by Gasteiger charge is -2.00. The fourth-order valence-electron chi connectivity index (χ4n) is 1.05. The van der Waals surface area contributed by atoms with Crippen LogP contribution in [0.25, 0.3) is 0 Å². The fraction of sp³-hybridized carbons (Fsp3) is 0.444. The van der Waals surface area contributed by atoms with E-state index in [0.717, 1.165) is 12.1 Å². The molecule has 5 nitrogen and oxygen atoms in total. The van der Waals surface area contributed by atoms with Crippen LogP contribution in [0, 0.1) is 18.4 Å². The monoisotopic (exact) mass is 223 g/mol. The molecular formula is C9H13N5S. The summed E-state index contributed by atoms with van der Waals surface area (Å²) >= 11 is 1.42. The van der Waals surface area contributed by atoms with E-state index in [4.69, 9.17) is 5.26 Å². The van der Waals surface area contributed by atoms with Gasteiger partial charge in [-0.05, 0) is 18.7 Å². The topological polar surface area (TPSA) is 66.0 Å². The van der Waals surface area contributed by atoms with Gasteiger partial charge in [-0.25, -0.2) is 0 Å². The van der Waals surface area contributed by atoms with E-state index < -0.39 is 0 Å². The maximum Gasteiger partial charge on any atom is 0.183 e. The molecule has 0 radical (unpaired) electrons. The Kier molecular flexibility index (Phi) is 4.71. The van der Waals surface area contributed by atoms with Crippen molar-refractivity contribution in [3.05, 3.63) is 18.0 Å². The van der Waals surface area contributed by atoms with Gasteiger partial charge in [0.2, 0.25) is 0 Å². The van der Waals surface area contributed by atoms with E-state index in [1.165, 1.54) is 11.8 Å². The molecule has 1 N–H and O–H groups in total. The summed E-state index contributed by atoms with van der Waals surface area (Å²) in [6.07, 6.45) is 7.50. The van der Waals surface area contributed by atoms with Crippen LogP contribution < -0.4 is 5.32 Å². The van der Waals surface area contributed by atoms with Crippen LogP contribution in [-0.4, -0.2) is 27.7 Å². The Morgan fingerprint density at radius 2 is 2.60 bits per heavy atom. The van der Waals surface area contributed by atoms with Crippen molar-refractivity contribution in [3.63, 3.8) is 0 Å². The van der Waals surface area contributed by atoms with Crippen molar-refractivity contribution in [1.82, 2.24) is 15.1 Å². The van der Waals surface area contributed by atoms with Gasteiger partial charge in [0.05, 0.1) is 19.3 Å². The van der Waals surface area contributed by atoms with Crippen LogP contribution in [0.15, 0.2) is 17.4 Å². The Labute approximate surface area is 93.2 Å². The minimum Gasteiger partial charge on any atom is -0.272 e. The molecule has 0 atom stereocenters. The standard InChI is InChI=1S/C9H13N5S/c1-8-5-13-14(6-8)4-3-11-9(15-2)12-7-10/h5-6H,3-4H2,1-2H3,(H,11,12). The molecule has 15 heavy (non-hydrogen) atoms. The van der Waals surface area contributed by atoms with Gasteiger partial charge in [-0.15, -0.1) is 0 Å². The molecular weight excluding hydrogens is 210 g/mol. The summed E-state index contributed by atoms with van der Waals surface area (Å²) in [5.41, 5.74) is 1.14. The molecule has 0 aliphatic carbocycles. The highest BCUT2D eigenvalue weighted by Crippen LogP contribution is 1.96. The highest BCUT2D eigenvalue weighted by atomic mass is 32.2. The molecule has 0 aliphatic rings. The van der Waals surface area contributed by atoms with Crippen LogP contribution >= 0.6 is 11.8 Å². The lowest BCUT2D eigenvalue weighted by atomic mass is 10.4. The molecule has 1 aromatic heterocycles. The van der Waals surface area contributed by atoms with Gasteiger partial charge in [-0.2, -0.15) is 10.4 Å². The smallest absolute Gasteiger partial charge is 0.183 e. The molecule has 0 amide bonds. The van der Waals surface area contributed by atoms with Crippen LogP contribution in [0.4, 0.5) is 0 Å². The van der Waals surface area contributed by atoms with E-state index in [1.54, 1.807) is 0 Å². The Bertz CT molecular complexity index is 376. The molecule has 80 valence electrons. The molecule has 0 aliphatic heterocycles. The average Bonchev–Trinajstić information content (AvgIpc) is 2.63. The number of hydrogen-bond acceptors (Lipinski definition) is 4. The molecule has 6 heteroatoms. The largest absolute Gasteiger partial charge is 0.272 e. The predicted molar refractivity (Wildman–Crippen MR) is 61.5 cm³/mol. The molecule has 1 rings (SSSR count). The van der Waals surface area contributed by atoms with E-state index in [1.807, 2.05) is 36.4 Å². The summed E-state index contributed by atoms with van der Waals surface area (Å²) in [7, 11) is 0. The fourth-order valence-corrected chi connectivity index (χ4v) is 1.41. The maximum absolute atomic E-state index is 8.41. The second-order valence-electron chi connectivity index (χ2n) is 2.91. The third-order valence-electron chi connectivity index (χ3n) is 1.70. The summed E-state index contributed by atoms with van der Waals surface area (Å²) in [4.78, 5) is 4.22. The van der Waals surface area contributed by atoms with Crippen molar-refractivity contribution in [1.29, 1.82) is 5.26 Å². The van der Waals surface area contributed by atoms with E-state index >= 15 is 0 Å². The summed E-state index contributed by atoms with van der Waals surface area (Å²) in [5, 5.41) is 15.7. The van der Waals surface area contributed by atoms with Crippen LogP contribution in [0.5, 0.6) is 0 Å². The molecule has 0 unspecified atom stereocenters. The number of rotatable bonds is 3. The van der Waals surface area contributed by atoms with Gasteiger partial charge in [0, 0.05) is 6.20 Å². The summed E-state index contributed by atoms with van der Waals surface area (Å²) < 4.78 is 1.84. The van der Waals surface area contributed by atoms with Crippen molar-refractivity contribution in [2.45, 2.75) is 13.5 Å². The Hall–Kier alpha value is -1.48. The Balaban J connectivity index is 2.40. The van der Waals surface area contributed by atoms with E-state index in [-0.39, 0.29) is 0 Å².